The number of nitrogens with two attached hydrogens (primary N) is 1. The molecular formula is C10H9FN2. The van der Waals surface area contributed by atoms with Gasteiger partial charge >= 0.3 is 0 Å². The maximum atomic E-state index is 13.0. The maximum Gasteiger partial charge on any atom is 0.141 e. The van der Waals surface area contributed by atoms with Gasteiger partial charge in [-0.1, -0.05) is 18.2 Å². The number of nitriles is 1. The molecule has 2 nitrogen and oxygen atoms in total. The SMILES string of the molecule is C=CC(N)c1cccc(F)c1C#N. The second-order valence-electron chi connectivity index (χ2n) is 2.58. The maximum absolute atomic E-state index is 13.0. The predicted octanol–water partition coefficient (Wildman–Crippen LogP) is 1.88. The number of nitrogens with zero attached hydrogens (tertiary/aromatic N) is 1. The van der Waals surface area contributed by atoms with Crippen LogP contribution in [0.2, 0.25) is 0 Å². The fourth-order valence-electron chi connectivity index (χ4n) is 1.06. The average molecular weight is 176 g/mol. The van der Waals surface area contributed by atoms with Crippen LogP contribution in [0, 0.1) is 17.1 Å². The van der Waals surface area contributed by atoms with Crippen molar-refractivity contribution in [3.05, 3.63) is 47.8 Å². The summed E-state index contributed by atoms with van der Waals surface area (Å²) in [7, 11) is 0. The topological polar surface area (TPSA) is 49.8 Å². The van der Waals surface area contributed by atoms with Gasteiger partial charge in [-0.05, 0) is 11.6 Å². The van der Waals surface area contributed by atoms with Crippen LogP contribution in [0.1, 0.15) is 17.2 Å². The minimum Gasteiger partial charge on any atom is -0.321 e. The largest absolute Gasteiger partial charge is 0.321 e. The van der Waals surface area contributed by atoms with Crippen molar-refractivity contribution in [1.82, 2.24) is 0 Å². The van der Waals surface area contributed by atoms with Crippen molar-refractivity contribution in [1.29, 1.82) is 5.26 Å². The fourth-order valence-corrected chi connectivity index (χ4v) is 1.06. The summed E-state index contributed by atoms with van der Waals surface area (Å²) >= 11 is 0. The van der Waals surface area contributed by atoms with E-state index >= 15 is 0 Å². The number of rotatable bonds is 2. The Morgan fingerprint density at radius 3 is 2.85 bits per heavy atom. The molecule has 1 rings (SSSR count). The third-order valence-corrected chi connectivity index (χ3v) is 1.77. The zero-order valence-electron chi connectivity index (χ0n) is 7.00. The van der Waals surface area contributed by atoms with Crippen LogP contribution in [0.4, 0.5) is 4.39 Å². The van der Waals surface area contributed by atoms with Gasteiger partial charge < -0.3 is 5.73 Å². The monoisotopic (exact) mass is 176 g/mol. The molecule has 0 aliphatic carbocycles. The summed E-state index contributed by atoms with van der Waals surface area (Å²) in [5.74, 6) is -0.544. The van der Waals surface area contributed by atoms with E-state index in [1.54, 1.807) is 12.1 Å². The summed E-state index contributed by atoms with van der Waals surface area (Å²) < 4.78 is 13.0. The molecule has 1 aromatic carbocycles. The Morgan fingerprint density at radius 2 is 2.31 bits per heavy atom. The molecule has 13 heavy (non-hydrogen) atoms. The van der Waals surface area contributed by atoms with E-state index in [-0.39, 0.29) is 5.56 Å². The highest BCUT2D eigenvalue weighted by Gasteiger charge is 2.11. The molecule has 0 aliphatic rings. The van der Waals surface area contributed by atoms with Crippen molar-refractivity contribution in [2.24, 2.45) is 5.73 Å². The molecule has 0 heterocycles. The van der Waals surface area contributed by atoms with Gasteiger partial charge in [0.1, 0.15) is 11.9 Å². The van der Waals surface area contributed by atoms with Crippen LogP contribution in [-0.4, -0.2) is 0 Å². The summed E-state index contributed by atoms with van der Waals surface area (Å²) in [4.78, 5) is 0. The molecule has 2 N–H and O–H groups in total. The van der Waals surface area contributed by atoms with Crippen molar-refractivity contribution >= 4 is 0 Å². The van der Waals surface area contributed by atoms with E-state index < -0.39 is 11.9 Å². The van der Waals surface area contributed by atoms with Crippen LogP contribution >= 0.6 is 0 Å². The van der Waals surface area contributed by atoms with E-state index in [9.17, 15) is 4.39 Å². The highest BCUT2D eigenvalue weighted by Crippen LogP contribution is 2.18. The molecule has 3 heteroatoms. The first-order valence-electron chi connectivity index (χ1n) is 3.77. The summed E-state index contributed by atoms with van der Waals surface area (Å²) in [5, 5.41) is 8.66. The number of halogens is 1. The Kier molecular flexibility index (Phi) is 2.78. The Labute approximate surface area is 76.1 Å². The lowest BCUT2D eigenvalue weighted by molar-refractivity contribution is 0.619. The summed E-state index contributed by atoms with van der Waals surface area (Å²) in [6, 6.07) is 5.66. The molecule has 1 aromatic rings. The van der Waals surface area contributed by atoms with E-state index in [1.807, 2.05) is 0 Å². The minimum absolute atomic E-state index is 0.00472. The Balaban J connectivity index is 3.29. The molecule has 0 aliphatic heterocycles. The highest BCUT2D eigenvalue weighted by molar-refractivity contribution is 5.41. The molecule has 1 unspecified atom stereocenters. The molecule has 0 bridgehead atoms. The second kappa shape index (κ2) is 3.83. The first-order valence-corrected chi connectivity index (χ1v) is 3.77. The van der Waals surface area contributed by atoms with Crippen molar-refractivity contribution in [3.63, 3.8) is 0 Å². The van der Waals surface area contributed by atoms with Crippen LogP contribution in [0.5, 0.6) is 0 Å². The van der Waals surface area contributed by atoms with Crippen molar-refractivity contribution < 1.29 is 4.39 Å². The van der Waals surface area contributed by atoms with E-state index in [2.05, 4.69) is 6.58 Å². The molecule has 0 radical (unpaired) electrons. The Bertz CT molecular complexity index is 366. The van der Waals surface area contributed by atoms with E-state index in [0.29, 0.717) is 5.56 Å². The first-order chi connectivity index (χ1) is 6.20. The van der Waals surface area contributed by atoms with Crippen molar-refractivity contribution in [2.45, 2.75) is 6.04 Å². The quantitative estimate of drug-likeness (QED) is 0.699. The lowest BCUT2D eigenvalue weighted by Crippen LogP contribution is -2.09. The standard InChI is InChI=1S/C10H9FN2/c1-2-10(13)7-4-3-5-9(11)8(7)6-12/h2-5,10H,1,13H2. The van der Waals surface area contributed by atoms with Crippen molar-refractivity contribution in [3.8, 4) is 6.07 Å². The molecule has 0 spiro atoms. The molecule has 1 atom stereocenters. The molecule has 0 saturated heterocycles. The minimum atomic E-state index is -0.544. The summed E-state index contributed by atoms with van der Waals surface area (Å²) in [5.41, 5.74) is 6.07. The predicted molar refractivity (Wildman–Crippen MR) is 48.2 cm³/mol. The summed E-state index contributed by atoms with van der Waals surface area (Å²) in [6.07, 6.45) is 1.47. The molecule has 0 saturated carbocycles. The van der Waals surface area contributed by atoms with Crippen molar-refractivity contribution in [2.75, 3.05) is 0 Å². The van der Waals surface area contributed by atoms with Gasteiger partial charge in [0.2, 0.25) is 0 Å². The lowest BCUT2D eigenvalue weighted by atomic mass is 10.0. The molecular weight excluding hydrogens is 167 g/mol. The van der Waals surface area contributed by atoms with Gasteiger partial charge in [0, 0.05) is 6.04 Å². The molecule has 0 amide bonds. The highest BCUT2D eigenvalue weighted by atomic mass is 19.1. The first kappa shape index (κ1) is 9.43. The van der Waals surface area contributed by atoms with E-state index in [4.69, 9.17) is 11.0 Å². The van der Waals surface area contributed by atoms with Gasteiger partial charge in [-0.25, -0.2) is 4.39 Å². The van der Waals surface area contributed by atoms with Gasteiger partial charge in [-0.3, -0.25) is 0 Å². The van der Waals surface area contributed by atoms with Crippen LogP contribution in [0.25, 0.3) is 0 Å². The van der Waals surface area contributed by atoms with E-state index in [1.165, 1.54) is 18.2 Å². The van der Waals surface area contributed by atoms with Gasteiger partial charge in [-0.15, -0.1) is 6.58 Å². The number of benzene rings is 1. The lowest BCUT2D eigenvalue weighted by Gasteiger charge is -2.08. The van der Waals surface area contributed by atoms with Crippen LogP contribution < -0.4 is 5.73 Å². The summed E-state index contributed by atoms with van der Waals surface area (Å²) in [6.45, 7) is 3.49. The normalized spacial score (nSPS) is 11.8. The average Bonchev–Trinajstić information content (AvgIpc) is 2.16. The fraction of sp³-hybridized carbons (Fsp3) is 0.100. The number of hydrogen-bond acceptors (Lipinski definition) is 2. The van der Waals surface area contributed by atoms with Gasteiger partial charge in [0.25, 0.3) is 0 Å². The Morgan fingerprint density at radius 1 is 1.62 bits per heavy atom. The zero-order valence-corrected chi connectivity index (χ0v) is 7.00. The van der Waals surface area contributed by atoms with Crippen LogP contribution in [0.15, 0.2) is 30.9 Å². The second-order valence-corrected chi connectivity index (χ2v) is 2.58. The van der Waals surface area contributed by atoms with Crippen LogP contribution in [-0.2, 0) is 0 Å². The van der Waals surface area contributed by atoms with E-state index in [0.717, 1.165) is 0 Å². The zero-order chi connectivity index (χ0) is 9.84. The van der Waals surface area contributed by atoms with Crippen LogP contribution in [0.3, 0.4) is 0 Å². The smallest absolute Gasteiger partial charge is 0.141 e. The molecule has 0 fully saturated rings. The van der Waals surface area contributed by atoms with Gasteiger partial charge in [0.15, 0.2) is 0 Å². The third-order valence-electron chi connectivity index (χ3n) is 1.77. The third kappa shape index (κ3) is 1.74. The van der Waals surface area contributed by atoms with Gasteiger partial charge in [-0.2, -0.15) is 5.26 Å². The number of hydrogen-bond donors (Lipinski definition) is 1. The Hall–Kier alpha value is -1.66. The molecule has 0 aromatic heterocycles. The van der Waals surface area contributed by atoms with Gasteiger partial charge in [0.05, 0.1) is 5.56 Å². The molecule has 66 valence electrons.